The Kier molecular flexibility index (Phi) is 5.78. The van der Waals surface area contributed by atoms with Crippen LogP contribution in [0.25, 0.3) is 0 Å². The van der Waals surface area contributed by atoms with E-state index in [4.69, 9.17) is 10.2 Å². The Bertz CT molecular complexity index is 325. The van der Waals surface area contributed by atoms with Gasteiger partial charge in [-0.2, -0.15) is 13.2 Å². The minimum atomic E-state index is -4.61. The maximum Gasteiger partial charge on any atom is 0.419 e. The third-order valence-electron chi connectivity index (χ3n) is 2.10. The number of carbonyl (C=O) groups is 1. The average molecular weight is 252 g/mol. The van der Waals surface area contributed by atoms with Crippen molar-refractivity contribution in [2.24, 2.45) is 5.92 Å². The molecule has 0 aromatic carbocycles. The number of hydrogen-bond acceptors (Lipinski definition) is 2. The molecule has 0 saturated heterocycles. The predicted molar refractivity (Wildman–Crippen MR) is 56.6 cm³/mol. The van der Waals surface area contributed by atoms with Crippen molar-refractivity contribution in [1.82, 2.24) is 0 Å². The van der Waals surface area contributed by atoms with Crippen LogP contribution in [0.15, 0.2) is 23.5 Å². The molecule has 0 aromatic heterocycles. The summed E-state index contributed by atoms with van der Waals surface area (Å²) in [6.45, 7) is 2.56. The first-order chi connectivity index (χ1) is 7.64. The van der Waals surface area contributed by atoms with Crippen molar-refractivity contribution in [3.8, 4) is 0 Å². The smallest absolute Gasteiger partial charge is 0.419 e. The molecule has 0 bridgehead atoms. The monoisotopic (exact) mass is 252 g/mol. The number of aliphatic carboxylic acids is 1. The van der Waals surface area contributed by atoms with Gasteiger partial charge in [0.2, 0.25) is 0 Å². The van der Waals surface area contributed by atoms with Crippen LogP contribution < -0.4 is 0 Å². The van der Waals surface area contributed by atoms with Gasteiger partial charge in [0.25, 0.3) is 0 Å². The second-order valence-electron chi connectivity index (χ2n) is 3.77. The van der Waals surface area contributed by atoms with Gasteiger partial charge in [-0.3, -0.25) is 4.79 Å². The number of carboxylic acid groups (broad SMARTS) is 1. The molecule has 0 aliphatic heterocycles. The van der Waals surface area contributed by atoms with Crippen LogP contribution >= 0.6 is 0 Å². The van der Waals surface area contributed by atoms with E-state index >= 15 is 0 Å². The van der Waals surface area contributed by atoms with E-state index in [0.717, 1.165) is 13.0 Å². The summed E-state index contributed by atoms with van der Waals surface area (Å²) in [7, 11) is 0. The Morgan fingerprint density at radius 3 is 2.24 bits per heavy atom. The molecule has 0 fully saturated rings. The molecule has 1 atom stereocenters. The quantitative estimate of drug-likeness (QED) is 0.582. The fourth-order valence-electron chi connectivity index (χ4n) is 1.13. The zero-order chi connectivity index (χ0) is 13.6. The summed E-state index contributed by atoms with van der Waals surface area (Å²) in [6, 6.07) is 0. The number of halogens is 3. The molecule has 0 aliphatic rings. The molecule has 0 heterocycles. The van der Waals surface area contributed by atoms with Crippen LogP contribution in [0.4, 0.5) is 13.2 Å². The zero-order valence-electron chi connectivity index (χ0n) is 9.58. The number of hydrogen-bond donors (Lipinski definition) is 2. The van der Waals surface area contributed by atoms with Gasteiger partial charge >= 0.3 is 12.1 Å². The van der Waals surface area contributed by atoms with Gasteiger partial charge in [-0.05, 0) is 19.3 Å². The summed E-state index contributed by atoms with van der Waals surface area (Å²) in [6.07, 6.45) is -2.44. The molecule has 0 amide bonds. The third-order valence-corrected chi connectivity index (χ3v) is 2.10. The second kappa shape index (κ2) is 6.32. The standard InChI is InChI=1S/C11H15F3O3/c1-7(4-6-10(16)17)3-5-9(8(2)15)11(12,13)14/h3,5,7,15H,4,6H2,1-2H3,(H,16,17)/b5-3-,9-8-. The van der Waals surface area contributed by atoms with Crippen LogP contribution in [0.2, 0.25) is 0 Å². The maximum absolute atomic E-state index is 12.4. The minimum absolute atomic E-state index is 0.103. The van der Waals surface area contributed by atoms with Crippen molar-refractivity contribution in [1.29, 1.82) is 0 Å². The molecule has 0 aliphatic carbocycles. The molecule has 6 heteroatoms. The van der Waals surface area contributed by atoms with Gasteiger partial charge in [0, 0.05) is 6.42 Å². The van der Waals surface area contributed by atoms with Crippen LogP contribution in [0.3, 0.4) is 0 Å². The van der Waals surface area contributed by atoms with Crippen LogP contribution in [0.5, 0.6) is 0 Å². The van der Waals surface area contributed by atoms with E-state index in [-0.39, 0.29) is 18.8 Å². The van der Waals surface area contributed by atoms with Crippen molar-refractivity contribution >= 4 is 5.97 Å². The molecule has 0 rings (SSSR count). The van der Waals surface area contributed by atoms with Crippen LogP contribution in [0, 0.1) is 5.92 Å². The molecular weight excluding hydrogens is 237 g/mol. The number of rotatable bonds is 5. The lowest BCUT2D eigenvalue weighted by Gasteiger charge is -2.09. The molecule has 0 radical (unpaired) electrons. The molecule has 0 spiro atoms. The molecule has 98 valence electrons. The molecule has 2 N–H and O–H groups in total. The number of aliphatic hydroxyl groups excluding tert-OH is 1. The van der Waals surface area contributed by atoms with E-state index < -0.39 is 23.5 Å². The highest BCUT2D eigenvalue weighted by atomic mass is 19.4. The van der Waals surface area contributed by atoms with Crippen molar-refractivity contribution < 1.29 is 28.2 Å². The summed E-state index contributed by atoms with van der Waals surface area (Å²) in [5.74, 6) is -2.10. The molecular formula is C11H15F3O3. The Balaban J connectivity index is 4.59. The number of carboxylic acids is 1. The highest BCUT2D eigenvalue weighted by molar-refractivity contribution is 5.66. The Morgan fingerprint density at radius 1 is 1.35 bits per heavy atom. The van der Waals surface area contributed by atoms with Gasteiger partial charge in [-0.25, -0.2) is 0 Å². The van der Waals surface area contributed by atoms with E-state index in [1.54, 1.807) is 6.92 Å². The van der Waals surface area contributed by atoms with Gasteiger partial charge in [-0.15, -0.1) is 0 Å². The SMILES string of the molecule is C/C(O)=C(\C=C/C(C)CCC(=O)O)C(F)(F)F. The lowest BCUT2D eigenvalue weighted by Crippen LogP contribution is -2.12. The van der Waals surface area contributed by atoms with Gasteiger partial charge < -0.3 is 10.2 Å². The van der Waals surface area contributed by atoms with Gasteiger partial charge in [-0.1, -0.05) is 19.1 Å². The Hall–Kier alpha value is -1.46. The first-order valence-electron chi connectivity index (χ1n) is 5.01. The third kappa shape index (κ3) is 6.65. The molecule has 1 unspecified atom stereocenters. The maximum atomic E-state index is 12.4. The lowest BCUT2D eigenvalue weighted by molar-refractivity contribution is -0.137. The van der Waals surface area contributed by atoms with Crippen LogP contribution in [0.1, 0.15) is 26.7 Å². The first kappa shape index (κ1) is 15.5. The topological polar surface area (TPSA) is 57.5 Å². The number of allylic oxidation sites excluding steroid dienone is 4. The predicted octanol–water partition coefficient (Wildman–Crippen LogP) is 3.44. The van der Waals surface area contributed by atoms with E-state index in [1.165, 1.54) is 6.08 Å². The summed E-state index contributed by atoms with van der Waals surface area (Å²) < 4.78 is 37.1. The van der Waals surface area contributed by atoms with Crippen molar-refractivity contribution in [2.75, 3.05) is 0 Å². The second-order valence-corrected chi connectivity index (χ2v) is 3.77. The van der Waals surface area contributed by atoms with Crippen LogP contribution in [-0.2, 0) is 4.79 Å². The van der Waals surface area contributed by atoms with Crippen molar-refractivity contribution in [2.45, 2.75) is 32.9 Å². The van der Waals surface area contributed by atoms with Gasteiger partial charge in [0.1, 0.15) is 5.76 Å². The first-order valence-corrected chi connectivity index (χ1v) is 5.01. The summed E-state index contributed by atoms with van der Waals surface area (Å²) in [4.78, 5) is 10.3. The van der Waals surface area contributed by atoms with E-state index in [0.29, 0.717) is 0 Å². The Labute approximate surface area is 97.3 Å². The highest BCUT2D eigenvalue weighted by Crippen LogP contribution is 2.29. The highest BCUT2D eigenvalue weighted by Gasteiger charge is 2.33. The fraction of sp³-hybridized carbons (Fsp3) is 0.545. The van der Waals surface area contributed by atoms with Crippen LogP contribution in [-0.4, -0.2) is 22.4 Å². The van der Waals surface area contributed by atoms with Gasteiger partial charge in [0.15, 0.2) is 0 Å². The summed E-state index contributed by atoms with van der Waals surface area (Å²) >= 11 is 0. The number of aliphatic hydroxyl groups is 1. The van der Waals surface area contributed by atoms with Crippen molar-refractivity contribution in [3.05, 3.63) is 23.5 Å². The normalized spacial score (nSPS) is 15.8. The zero-order valence-corrected chi connectivity index (χ0v) is 9.58. The van der Waals surface area contributed by atoms with Gasteiger partial charge in [0.05, 0.1) is 5.57 Å². The molecule has 0 aromatic rings. The van der Waals surface area contributed by atoms with E-state index in [1.807, 2.05) is 0 Å². The fourth-order valence-corrected chi connectivity index (χ4v) is 1.13. The Morgan fingerprint density at radius 2 is 1.88 bits per heavy atom. The molecule has 17 heavy (non-hydrogen) atoms. The number of alkyl halides is 3. The minimum Gasteiger partial charge on any atom is -0.512 e. The lowest BCUT2D eigenvalue weighted by atomic mass is 10.0. The largest absolute Gasteiger partial charge is 0.512 e. The average Bonchev–Trinajstić information content (AvgIpc) is 2.12. The summed E-state index contributed by atoms with van der Waals surface area (Å²) in [5, 5.41) is 17.3. The van der Waals surface area contributed by atoms with E-state index in [2.05, 4.69) is 0 Å². The summed E-state index contributed by atoms with van der Waals surface area (Å²) in [5.41, 5.74) is -1.11. The molecule has 0 saturated carbocycles. The van der Waals surface area contributed by atoms with E-state index in [9.17, 15) is 18.0 Å². The molecule has 3 nitrogen and oxygen atoms in total. The van der Waals surface area contributed by atoms with Crippen molar-refractivity contribution in [3.63, 3.8) is 0 Å².